The second-order valence-corrected chi connectivity index (χ2v) is 7.63. The molecule has 100 valence electrons. The SMILES string of the molecule is O=S(=O)(Cc1nc(C2CC2)cs1)c1ccc(O)cc1. The third-order valence-electron chi connectivity index (χ3n) is 3.07. The Kier molecular flexibility index (Phi) is 3.06. The van der Waals surface area contributed by atoms with E-state index in [-0.39, 0.29) is 16.4 Å². The van der Waals surface area contributed by atoms with E-state index in [1.807, 2.05) is 5.38 Å². The molecule has 0 spiro atoms. The Labute approximate surface area is 115 Å². The van der Waals surface area contributed by atoms with Gasteiger partial charge in [0.25, 0.3) is 0 Å². The standard InChI is InChI=1S/C13H13NO3S2/c15-10-3-5-11(6-4-10)19(16,17)8-13-14-12(7-18-13)9-1-2-9/h3-7,9,15H,1-2,8H2. The first-order chi connectivity index (χ1) is 9.04. The molecule has 0 amide bonds. The molecule has 0 unspecified atom stereocenters. The van der Waals surface area contributed by atoms with Gasteiger partial charge in [-0.05, 0) is 37.1 Å². The Balaban J connectivity index is 1.81. The largest absolute Gasteiger partial charge is 0.508 e. The fourth-order valence-corrected chi connectivity index (χ4v) is 4.36. The number of sulfone groups is 1. The third-order valence-corrected chi connectivity index (χ3v) is 5.77. The molecule has 1 aliphatic carbocycles. The molecule has 1 aromatic carbocycles. The number of aromatic nitrogens is 1. The van der Waals surface area contributed by atoms with Crippen molar-refractivity contribution < 1.29 is 13.5 Å². The van der Waals surface area contributed by atoms with Crippen molar-refractivity contribution in [2.24, 2.45) is 0 Å². The molecular formula is C13H13NO3S2. The predicted octanol–water partition coefficient (Wildman–Crippen LogP) is 2.70. The van der Waals surface area contributed by atoms with Gasteiger partial charge in [0.15, 0.2) is 9.84 Å². The third kappa shape index (κ3) is 2.79. The van der Waals surface area contributed by atoms with Gasteiger partial charge in [0.05, 0.1) is 10.6 Å². The highest BCUT2D eigenvalue weighted by molar-refractivity contribution is 7.90. The van der Waals surface area contributed by atoms with Crippen LogP contribution in [0.15, 0.2) is 34.5 Å². The molecule has 0 radical (unpaired) electrons. The summed E-state index contributed by atoms with van der Waals surface area (Å²) >= 11 is 1.40. The van der Waals surface area contributed by atoms with Crippen LogP contribution in [0.3, 0.4) is 0 Å². The Morgan fingerprint density at radius 1 is 1.26 bits per heavy atom. The first-order valence-electron chi connectivity index (χ1n) is 6.01. The summed E-state index contributed by atoms with van der Waals surface area (Å²) in [5.74, 6) is 0.528. The Morgan fingerprint density at radius 2 is 1.95 bits per heavy atom. The maximum Gasteiger partial charge on any atom is 0.184 e. The number of hydrogen-bond acceptors (Lipinski definition) is 5. The zero-order valence-corrected chi connectivity index (χ0v) is 11.7. The molecule has 1 aliphatic rings. The summed E-state index contributed by atoms with van der Waals surface area (Å²) in [6.45, 7) is 0. The van der Waals surface area contributed by atoms with Gasteiger partial charge in [-0.3, -0.25) is 0 Å². The molecule has 1 heterocycles. The molecule has 3 rings (SSSR count). The molecule has 0 atom stereocenters. The van der Waals surface area contributed by atoms with Gasteiger partial charge in [-0.15, -0.1) is 11.3 Å². The highest BCUT2D eigenvalue weighted by atomic mass is 32.2. The Morgan fingerprint density at radius 3 is 2.58 bits per heavy atom. The van der Waals surface area contributed by atoms with E-state index in [0.717, 1.165) is 18.5 Å². The van der Waals surface area contributed by atoms with Crippen LogP contribution in [-0.4, -0.2) is 18.5 Å². The van der Waals surface area contributed by atoms with Crippen LogP contribution < -0.4 is 0 Å². The number of phenolic OH excluding ortho intramolecular Hbond substituents is 1. The van der Waals surface area contributed by atoms with Crippen molar-refractivity contribution in [2.75, 3.05) is 0 Å². The minimum atomic E-state index is -3.39. The number of rotatable bonds is 4. The van der Waals surface area contributed by atoms with Gasteiger partial charge in [-0.25, -0.2) is 13.4 Å². The molecule has 1 saturated carbocycles. The van der Waals surface area contributed by atoms with Gasteiger partial charge in [0.2, 0.25) is 0 Å². The van der Waals surface area contributed by atoms with E-state index in [2.05, 4.69) is 4.98 Å². The molecule has 1 fully saturated rings. The van der Waals surface area contributed by atoms with E-state index in [1.54, 1.807) is 0 Å². The van der Waals surface area contributed by atoms with Gasteiger partial charge in [-0.1, -0.05) is 0 Å². The molecule has 0 bridgehead atoms. The second kappa shape index (κ2) is 4.61. The molecule has 0 aliphatic heterocycles. The summed E-state index contributed by atoms with van der Waals surface area (Å²) in [4.78, 5) is 4.61. The molecule has 4 nitrogen and oxygen atoms in total. The molecule has 6 heteroatoms. The lowest BCUT2D eigenvalue weighted by Crippen LogP contribution is -2.04. The van der Waals surface area contributed by atoms with Crippen LogP contribution in [0.4, 0.5) is 0 Å². The number of thiazole rings is 1. The molecule has 1 N–H and O–H groups in total. The Bertz CT molecular complexity index is 685. The van der Waals surface area contributed by atoms with E-state index >= 15 is 0 Å². The first-order valence-corrected chi connectivity index (χ1v) is 8.54. The zero-order chi connectivity index (χ0) is 13.5. The lowest BCUT2D eigenvalue weighted by atomic mass is 10.3. The van der Waals surface area contributed by atoms with Crippen LogP contribution in [0, 0.1) is 0 Å². The molecule has 1 aromatic heterocycles. The normalized spacial score (nSPS) is 15.6. The lowest BCUT2D eigenvalue weighted by molar-refractivity contribution is 0.475. The maximum absolute atomic E-state index is 12.2. The summed E-state index contributed by atoms with van der Waals surface area (Å²) in [6, 6.07) is 5.59. The van der Waals surface area contributed by atoms with Crippen molar-refractivity contribution >= 4 is 21.2 Å². The highest BCUT2D eigenvalue weighted by Gasteiger charge is 2.27. The van der Waals surface area contributed by atoms with Crippen molar-refractivity contribution in [3.63, 3.8) is 0 Å². The van der Waals surface area contributed by atoms with Crippen LogP contribution in [0.2, 0.25) is 0 Å². The molecule has 19 heavy (non-hydrogen) atoms. The number of aromatic hydroxyl groups is 1. The second-order valence-electron chi connectivity index (χ2n) is 4.69. The van der Waals surface area contributed by atoms with Crippen LogP contribution in [-0.2, 0) is 15.6 Å². The van der Waals surface area contributed by atoms with E-state index in [9.17, 15) is 13.5 Å². The minimum absolute atomic E-state index is 0.0595. The summed E-state index contributed by atoms with van der Waals surface area (Å²) in [7, 11) is -3.39. The van der Waals surface area contributed by atoms with Crippen molar-refractivity contribution in [2.45, 2.75) is 29.4 Å². The van der Waals surface area contributed by atoms with Crippen molar-refractivity contribution in [1.82, 2.24) is 4.98 Å². The average Bonchev–Trinajstić information content (AvgIpc) is 3.11. The van der Waals surface area contributed by atoms with Crippen LogP contribution in [0.5, 0.6) is 5.75 Å². The van der Waals surface area contributed by atoms with E-state index < -0.39 is 9.84 Å². The van der Waals surface area contributed by atoms with E-state index in [0.29, 0.717) is 10.9 Å². The number of phenols is 1. The molecular weight excluding hydrogens is 282 g/mol. The summed E-state index contributed by atoms with van der Waals surface area (Å²) < 4.78 is 24.4. The monoisotopic (exact) mass is 295 g/mol. The van der Waals surface area contributed by atoms with Crippen molar-refractivity contribution in [1.29, 1.82) is 0 Å². The van der Waals surface area contributed by atoms with Crippen molar-refractivity contribution in [3.8, 4) is 5.75 Å². The molecule has 0 saturated heterocycles. The van der Waals surface area contributed by atoms with Gasteiger partial charge < -0.3 is 5.11 Å². The van der Waals surface area contributed by atoms with Gasteiger partial charge in [0.1, 0.15) is 16.5 Å². The number of nitrogens with zero attached hydrogens (tertiary/aromatic N) is 1. The first kappa shape index (κ1) is 12.6. The van der Waals surface area contributed by atoms with Crippen LogP contribution >= 0.6 is 11.3 Å². The van der Waals surface area contributed by atoms with Gasteiger partial charge in [-0.2, -0.15) is 0 Å². The fourth-order valence-electron chi connectivity index (χ4n) is 1.86. The Hall–Kier alpha value is -1.40. The summed E-state index contributed by atoms with van der Waals surface area (Å²) in [5.41, 5.74) is 1.03. The summed E-state index contributed by atoms with van der Waals surface area (Å²) in [5, 5.41) is 11.8. The lowest BCUT2D eigenvalue weighted by Gasteiger charge is -2.02. The molecule has 2 aromatic rings. The van der Waals surface area contributed by atoms with Crippen molar-refractivity contribution in [3.05, 3.63) is 40.3 Å². The topological polar surface area (TPSA) is 67.3 Å². The van der Waals surface area contributed by atoms with Crippen LogP contribution in [0.1, 0.15) is 29.5 Å². The average molecular weight is 295 g/mol. The van der Waals surface area contributed by atoms with Crippen LogP contribution in [0.25, 0.3) is 0 Å². The zero-order valence-electron chi connectivity index (χ0n) is 10.1. The fraction of sp³-hybridized carbons (Fsp3) is 0.308. The summed E-state index contributed by atoms with van der Waals surface area (Å²) in [6.07, 6.45) is 2.32. The number of benzene rings is 1. The minimum Gasteiger partial charge on any atom is -0.508 e. The quantitative estimate of drug-likeness (QED) is 0.941. The van der Waals surface area contributed by atoms with E-state index in [1.165, 1.54) is 35.6 Å². The number of hydrogen-bond donors (Lipinski definition) is 1. The van der Waals surface area contributed by atoms with E-state index in [4.69, 9.17) is 0 Å². The smallest absolute Gasteiger partial charge is 0.184 e. The highest BCUT2D eigenvalue weighted by Crippen LogP contribution is 2.40. The van der Waals surface area contributed by atoms with Gasteiger partial charge >= 0.3 is 0 Å². The predicted molar refractivity (Wildman–Crippen MR) is 73.1 cm³/mol. The maximum atomic E-state index is 12.2. The van der Waals surface area contributed by atoms with Gasteiger partial charge in [0, 0.05) is 11.3 Å².